The van der Waals surface area contributed by atoms with Crippen LogP contribution in [-0.4, -0.2) is 81.1 Å². The molecular weight excluding hydrogens is 561 g/mol. The van der Waals surface area contributed by atoms with Gasteiger partial charge in [-0.05, 0) is 63.1 Å². The van der Waals surface area contributed by atoms with E-state index in [1.54, 1.807) is 31.3 Å². The van der Waals surface area contributed by atoms with Gasteiger partial charge in [-0.15, -0.1) is 0 Å². The Bertz CT molecular complexity index is 1520. The second-order valence-electron chi connectivity index (χ2n) is 10.3. The molecule has 222 valence electrons. The van der Waals surface area contributed by atoms with Gasteiger partial charge in [0, 0.05) is 17.3 Å². The van der Waals surface area contributed by atoms with Crippen LogP contribution < -0.4 is 14.9 Å². The lowest BCUT2D eigenvalue weighted by molar-refractivity contribution is -0.145. The fourth-order valence-corrected chi connectivity index (χ4v) is 5.23. The molecule has 1 aromatic heterocycles. The summed E-state index contributed by atoms with van der Waals surface area (Å²) in [5, 5.41) is 0. The van der Waals surface area contributed by atoms with Gasteiger partial charge in [-0.3, -0.25) is 14.5 Å². The topological polar surface area (TPSA) is 134 Å². The molecule has 4 rings (SSSR count). The van der Waals surface area contributed by atoms with Crippen LogP contribution in [0.4, 0.5) is 0 Å². The lowest BCUT2D eigenvalue weighted by atomic mass is 9.78. The maximum absolute atomic E-state index is 12.1. The van der Waals surface area contributed by atoms with E-state index in [0.717, 1.165) is 33.6 Å². The minimum absolute atomic E-state index is 0.00159. The molecule has 1 aliphatic heterocycles. The fourth-order valence-electron chi connectivity index (χ4n) is 4.59. The second kappa shape index (κ2) is 13.3. The van der Waals surface area contributed by atoms with Crippen LogP contribution in [0.5, 0.6) is 11.8 Å². The van der Waals surface area contributed by atoms with Gasteiger partial charge in [0.25, 0.3) is 0 Å². The molecule has 0 N–H and O–H groups in total. The predicted molar refractivity (Wildman–Crippen MR) is 157 cm³/mol. The molecule has 42 heavy (non-hydrogen) atoms. The highest BCUT2D eigenvalue weighted by atomic mass is 32.2. The number of rotatable bonds is 10. The number of sulfone groups is 1. The minimum atomic E-state index is -3.05. The van der Waals surface area contributed by atoms with Crippen molar-refractivity contribution in [3.63, 3.8) is 0 Å². The molecule has 0 radical (unpaired) electrons. The number of hydrogen-bond acceptors (Lipinski definition) is 11. The summed E-state index contributed by atoms with van der Waals surface area (Å²) in [5.74, 6) is -0.313. The third-order valence-corrected chi connectivity index (χ3v) is 7.71. The Kier molecular flexibility index (Phi) is 9.84. The first-order valence-electron chi connectivity index (χ1n) is 13.4. The number of benzene rings is 2. The first-order chi connectivity index (χ1) is 19.9. The van der Waals surface area contributed by atoms with E-state index in [2.05, 4.69) is 9.97 Å². The summed E-state index contributed by atoms with van der Waals surface area (Å²) < 4.78 is 45.0. The van der Waals surface area contributed by atoms with E-state index in [1.165, 1.54) is 11.2 Å². The van der Waals surface area contributed by atoms with E-state index < -0.39 is 28.9 Å². The van der Waals surface area contributed by atoms with Gasteiger partial charge < -0.3 is 18.8 Å². The predicted octanol–water partition coefficient (Wildman–Crippen LogP) is 2.19. The number of aryl methyl sites for hydroxylation is 2. The van der Waals surface area contributed by atoms with E-state index in [1.807, 2.05) is 39.0 Å². The number of hydrogen-bond donors (Lipinski definition) is 0. The Morgan fingerprint density at radius 1 is 0.929 bits per heavy atom. The van der Waals surface area contributed by atoms with E-state index in [-0.39, 0.29) is 31.5 Å². The van der Waals surface area contributed by atoms with Crippen LogP contribution in [0.2, 0.25) is 0 Å². The number of nitrogens with zero attached hydrogens (tertiary/aromatic N) is 3. The number of ether oxygens (including phenoxy) is 2. The van der Waals surface area contributed by atoms with Crippen molar-refractivity contribution in [2.75, 3.05) is 38.8 Å². The van der Waals surface area contributed by atoms with E-state index >= 15 is 0 Å². The lowest BCUT2D eigenvalue weighted by Gasteiger charge is -2.22. The van der Waals surface area contributed by atoms with Crippen molar-refractivity contribution < 1.29 is 36.8 Å². The summed E-state index contributed by atoms with van der Waals surface area (Å²) in [6.45, 7) is 6.32. The Balaban J connectivity index is 1.43. The van der Waals surface area contributed by atoms with Crippen LogP contribution in [0.15, 0.2) is 42.5 Å². The van der Waals surface area contributed by atoms with Gasteiger partial charge in [0.05, 0.1) is 36.8 Å². The number of carbonyl (C=O) groups is 2. The number of likely N-dealkylation sites (N-methyl/N-ethyl adjacent to an activating group) is 1. The zero-order valence-electron chi connectivity index (χ0n) is 24.4. The summed E-state index contributed by atoms with van der Waals surface area (Å²) in [6, 6.07) is 13.0. The molecule has 0 unspecified atom stereocenters. The lowest BCUT2D eigenvalue weighted by Crippen LogP contribution is -2.47. The van der Waals surface area contributed by atoms with E-state index in [0.29, 0.717) is 24.2 Å². The Morgan fingerprint density at radius 2 is 1.55 bits per heavy atom. The van der Waals surface area contributed by atoms with Gasteiger partial charge >= 0.3 is 25.1 Å². The number of carbonyl (C=O) groups excluding carboxylic acids is 2. The highest BCUT2D eigenvalue weighted by molar-refractivity contribution is 7.90. The summed E-state index contributed by atoms with van der Waals surface area (Å²) in [4.78, 5) is 34.6. The maximum Gasteiger partial charge on any atom is 0.636 e. The standard InChI is InChI=1S/C29H34BN3O8S/c1-19-22(18-39-24-12-10-23(11-13-24)30-40-26(34)16-33(4)17-27(35)41-30)8-6-9-25(19)28-20(2)31-29(32-21(28)3)38-14-7-15-42(5,36)37/h6,8-13H,7,14-18H2,1-5H3. The summed E-state index contributed by atoms with van der Waals surface area (Å²) in [6.07, 6.45) is 1.56. The molecule has 0 spiro atoms. The first-order valence-corrected chi connectivity index (χ1v) is 15.5. The van der Waals surface area contributed by atoms with Crippen molar-refractivity contribution in [1.82, 2.24) is 14.9 Å². The molecule has 2 aromatic carbocycles. The van der Waals surface area contributed by atoms with Gasteiger partial charge in [0.2, 0.25) is 0 Å². The maximum atomic E-state index is 12.1. The van der Waals surface area contributed by atoms with Crippen LogP contribution in [0.1, 0.15) is 28.9 Å². The Hall–Kier alpha value is -3.97. The van der Waals surface area contributed by atoms with Gasteiger partial charge in [0.1, 0.15) is 22.2 Å². The van der Waals surface area contributed by atoms with Crippen molar-refractivity contribution in [3.05, 3.63) is 65.0 Å². The molecule has 1 aliphatic rings. The molecule has 1 fully saturated rings. The quantitative estimate of drug-likeness (QED) is 0.252. The summed E-state index contributed by atoms with van der Waals surface area (Å²) in [5.41, 5.74) is 5.90. The van der Waals surface area contributed by atoms with Gasteiger partial charge in [-0.1, -0.05) is 30.3 Å². The van der Waals surface area contributed by atoms with Crippen molar-refractivity contribution in [3.8, 4) is 22.9 Å². The van der Waals surface area contributed by atoms with E-state index in [9.17, 15) is 18.0 Å². The molecule has 3 aromatic rings. The average molecular weight is 595 g/mol. The molecule has 0 amide bonds. The summed E-state index contributed by atoms with van der Waals surface area (Å²) in [7, 11) is -2.51. The molecule has 0 aliphatic carbocycles. The largest absolute Gasteiger partial charge is 0.636 e. The highest BCUT2D eigenvalue weighted by Crippen LogP contribution is 2.31. The zero-order valence-corrected chi connectivity index (χ0v) is 25.2. The zero-order chi connectivity index (χ0) is 30.4. The van der Waals surface area contributed by atoms with Crippen molar-refractivity contribution >= 4 is 34.4 Å². The molecule has 0 saturated carbocycles. The Labute approximate surface area is 246 Å². The molecule has 13 heteroatoms. The van der Waals surface area contributed by atoms with Crippen LogP contribution in [0.3, 0.4) is 0 Å². The SMILES string of the molecule is Cc1nc(OCCCS(C)(=O)=O)nc(C)c1-c1cccc(COc2ccc(B3OC(=O)CN(C)CC(=O)O3)cc2)c1C. The molecule has 0 bridgehead atoms. The van der Waals surface area contributed by atoms with Crippen LogP contribution in [-0.2, 0) is 35.3 Å². The van der Waals surface area contributed by atoms with Gasteiger partial charge in [0.15, 0.2) is 0 Å². The smallest absolute Gasteiger partial charge is 0.494 e. The van der Waals surface area contributed by atoms with Crippen molar-refractivity contribution in [2.45, 2.75) is 33.8 Å². The third-order valence-electron chi connectivity index (χ3n) is 6.68. The first kappa shape index (κ1) is 31.0. The third kappa shape index (κ3) is 8.29. The van der Waals surface area contributed by atoms with Crippen molar-refractivity contribution in [1.29, 1.82) is 0 Å². The van der Waals surface area contributed by atoms with Crippen LogP contribution in [0, 0.1) is 20.8 Å². The molecule has 11 nitrogen and oxygen atoms in total. The van der Waals surface area contributed by atoms with Crippen molar-refractivity contribution in [2.24, 2.45) is 0 Å². The molecule has 0 atom stereocenters. The summed E-state index contributed by atoms with van der Waals surface area (Å²) >= 11 is 0. The van der Waals surface area contributed by atoms with E-state index in [4.69, 9.17) is 18.8 Å². The molecule has 2 heterocycles. The molecule has 1 saturated heterocycles. The molecular formula is C29H34BN3O8S. The average Bonchev–Trinajstić information content (AvgIpc) is 2.89. The monoisotopic (exact) mass is 595 g/mol. The minimum Gasteiger partial charge on any atom is -0.494 e. The highest BCUT2D eigenvalue weighted by Gasteiger charge is 2.33. The fraction of sp³-hybridized carbons (Fsp3) is 0.379. The number of aromatic nitrogens is 2. The van der Waals surface area contributed by atoms with Crippen LogP contribution in [0.25, 0.3) is 11.1 Å². The Morgan fingerprint density at radius 3 is 2.14 bits per heavy atom. The normalized spacial score (nSPS) is 14.5. The van der Waals surface area contributed by atoms with Gasteiger partial charge in [-0.2, -0.15) is 9.97 Å². The second-order valence-corrected chi connectivity index (χ2v) is 12.6. The van der Waals surface area contributed by atoms with Gasteiger partial charge in [-0.25, -0.2) is 8.42 Å². The van der Waals surface area contributed by atoms with Crippen LogP contribution >= 0.6 is 0 Å².